The van der Waals surface area contributed by atoms with Crippen molar-refractivity contribution in [3.05, 3.63) is 84.8 Å². The predicted molar refractivity (Wildman–Crippen MR) is 91.2 cm³/mol. The fourth-order valence-corrected chi connectivity index (χ4v) is 2.31. The van der Waals surface area contributed by atoms with E-state index in [1.807, 2.05) is 36.4 Å². The van der Waals surface area contributed by atoms with Gasteiger partial charge in [-0.05, 0) is 34.3 Å². The van der Waals surface area contributed by atoms with Gasteiger partial charge in [0.1, 0.15) is 0 Å². The van der Waals surface area contributed by atoms with Crippen molar-refractivity contribution in [2.75, 3.05) is 5.32 Å². The van der Waals surface area contributed by atoms with Crippen molar-refractivity contribution >= 4 is 32.9 Å². The third-order valence-electron chi connectivity index (χ3n) is 3.30. The van der Waals surface area contributed by atoms with Crippen LogP contribution in [0.2, 0.25) is 0 Å². The molecule has 0 saturated heterocycles. The van der Waals surface area contributed by atoms with Crippen molar-refractivity contribution in [1.82, 2.24) is 0 Å². The van der Waals surface area contributed by atoms with Crippen LogP contribution in [0.15, 0.2) is 84.8 Å². The Labute approximate surface area is 133 Å². The number of rotatable bonds is 2. The van der Waals surface area contributed by atoms with Gasteiger partial charge in [0.15, 0.2) is 0 Å². The maximum absolute atomic E-state index is 8.53. The molecule has 0 aliphatic carbocycles. The molecule has 0 amide bonds. The summed E-state index contributed by atoms with van der Waals surface area (Å²) >= 11 is 0. The summed E-state index contributed by atoms with van der Waals surface area (Å²) in [5, 5.41) is 4.73. The first kappa shape index (κ1) is 6.77. The first-order chi connectivity index (χ1) is 13.3. The van der Waals surface area contributed by atoms with Crippen LogP contribution in [-0.4, -0.2) is 0 Å². The molecule has 0 spiro atoms. The predicted octanol–water partition coefficient (Wildman–Crippen LogP) is 5.74. The zero-order valence-corrected chi connectivity index (χ0v) is 11.0. The Morgan fingerprint density at radius 2 is 1.52 bits per heavy atom. The fraction of sp³-hybridized carbons (Fsp3) is 0. The Balaban J connectivity index is 2.03. The van der Waals surface area contributed by atoms with Crippen LogP contribution in [0.1, 0.15) is 9.60 Å². The fourth-order valence-electron chi connectivity index (χ4n) is 2.31. The third-order valence-corrected chi connectivity index (χ3v) is 3.30. The van der Waals surface area contributed by atoms with Crippen molar-refractivity contribution in [3.63, 3.8) is 0 Å². The van der Waals surface area contributed by atoms with Crippen molar-refractivity contribution in [2.45, 2.75) is 0 Å². The first-order valence-electron chi connectivity index (χ1n) is 10.1. The lowest BCUT2D eigenvalue weighted by Gasteiger charge is -2.10. The van der Waals surface area contributed by atoms with Gasteiger partial charge in [0.2, 0.25) is 0 Å². The van der Waals surface area contributed by atoms with Crippen LogP contribution >= 0.6 is 0 Å². The van der Waals surface area contributed by atoms with E-state index >= 15 is 0 Å². The van der Waals surface area contributed by atoms with Crippen LogP contribution in [0.5, 0.6) is 0 Å². The van der Waals surface area contributed by atoms with Gasteiger partial charge in [0, 0.05) is 16.8 Å². The lowest BCUT2D eigenvalue weighted by Crippen LogP contribution is -1.91. The molecule has 100 valence electrons. The minimum absolute atomic E-state index is 0.0406. The molecule has 0 bridgehead atoms. The monoisotopic (exact) mass is 276 g/mol. The quantitative estimate of drug-likeness (QED) is 0.492. The summed E-state index contributed by atoms with van der Waals surface area (Å²) in [4.78, 5) is 0. The molecule has 1 N–H and O–H groups in total. The van der Waals surface area contributed by atoms with Crippen molar-refractivity contribution in [3.8, 4) is 0 Å². The maximum atomic E-state index is 8.53. The molecule has 0 aliphatic heterocycles. The average molecular weight is 276 g/mol. The Kier molecular flexibility index (Phi) is 1.60. The molecule has 0 heterocycles. The van der Waals surface area contributed by atoms with Crippen LogP contribution in [0.3, 0.4) is 0 Å². The summed E-state index contributed by atoms with van der Waals surface area (Å²) < 4.78 is 57.1. The maximum Gasteiger partial charge on any atom is 0.0651 e. The Bertz CT molecular complexity index is 1260. The molecule has 4 aromatic carbocycles. The first-order valence-corrected chi connectivity index (χ1v) is 6.57. The molecule has 0 atom stereocenters. The lowest BCUT2D eigenvalue weighted by atomic mass is 10.1. The Morgan fingerprint density at radius 3 is 2.48 bits per heavy atom. The van der Waals surface area contributed by atoms with Gasteiger partial charge in [-0.25, -0.2) is 0 Å². The summed E-state index contributed by atoms with van der Waals surface area (Å²) in [5.74, 6) is 0. The summed E-state index contributed by atoms with van der Waals surface area (Å²) in [6, 6.07) is 10.7. The largest absolute Gasteiger partial charge is 0.355 e. The van der Waals surface area contributed by atoms with E-state index in [1.54, 1.807) is 6.07 Å². The summed E-state index contributed by atoms with van der Waals surface area (Å²) in [6.45, 7) is 0. The molecule has 0 unspecified atom stereocenters. The zero-order valence-electron chi connectivity index (χ0n) is 18.0. The Morgan fingerprint density at radius 1 is 0.714 bits per heavy atom. The number of anilines is 2. The van der Waals surface area contributed by atoms with Crippen molar-refractivity contribution in [2.24, 2.45) is 0 Å². The van der Waals surface area contributed by atoms with E-state index in [4.69, 9.17) is 9.60 Å². The van der Waals surface area contributed by atoms with E-state index in [2.05, 4.69) is 5.32 Å². The summed E-state index contributed by atoms with van der Waals surface area (Å²) in [6.07, 6.45) is 0. The highest BCUT2D eigenvalue weighted by Crippen LogP contribution is 2.27. The highest BCUT2D eigenvalue weighted by Gasteiger charge is 2.01. The van der Waals surface area contributed by atoms with E-state index in [9.17, 15) is 0 Å². The normalized spacial score (nSPS) is 15.5. The van der Waals surface area contributed by atoms with E-state index in [-0.39, 0.29) is 40.6 Å². The molecule has 0 aromatic heterocycles. The minimum Gasteiger partial charge on any atom is -0.355 e. The molecule has 1 heteroatoms. The van der Waals surface area contributed by atoms with Gasteiger partial charge in [-0.3, -0.25) is 0 Å². The molecule has 4 rings (SSSR count). The second kappa shape index (κ2) is 4.95. The van der Waals surface area contributed by atoms with Crippen LogP contribution in [0.4, 0.5) is 11.4 Å². The molecule has 0 aliphatic rings. The van der Waals surface area contributed by atoms with Crippen molar-refractivity contribution in [1.29, 1.82) is 0 Å². The zero-order chi connectivity index (χ0) is 20.2. The summed E-state index contributed by atoms with van der Waals surface area (Å²) in [7, 11) is 0. The highest BCUT2D eigenvalue weighted by molar-refractivity contribution is 5.96. The molecule has 0 fully saturated rings. The highest BCUT2D eigenvalue weighted by atomic mass is 14.9. The molecular weight excluding hydrogens is 254 g/mol. The topological polar surface area (TPSA) is 12.0 Å². The summed E-state index contributed by atoms with van der Waals surface area (Å²) in [5.41, 5.74) is 0.693. The van der Waals surface area contributed by atoms with Crippen LogP contribution in [-0.2, 0) is 0 Å². The molecular formula is C20H15N. The van der Waals surface area contributed by atoms with Gasteiger partial charge in [0.05, 0.1) is 9.60 Å². The molecule has 0 saturated carbocycles. The van der Waals surface area contributed by atoms with E-state index in [1.165, 1.54) is 0 Å². The molecule has 0 radical (unpaired) electrons. The molecule has 1 nitrogen and oxygen atoms in total. The number of benzene rings is 4. The number of fused-ring (bicyclic) bond motifs is 2. The van der Waals surface area contributed by atoms with Gasteiger partial charge in [0.25, 0.3) is 0 Å². The standard InChI is InChI=1S/C20H15N/c1-2-8-17-14-18(13-12-15(17)6-1)21-20-11-5-9-16-7-3-4-10-19(16)20/h1-14,21H/i1D,2D,6D,8D,12D,13D,14D. The SMILES string of the molecule is [2H]c1c([2H])c([2H])c2c([2H])c(Nc3cccc4ccccc34)c([2H])c([2H])c2c1[2H]. The second-order valence-electron chi connectivity index (χ2n) is 4.65. The minimum atomic E-state index is -0.473. The number of hydrogen-bond acceptors (Lipinski definition) is 1. The smallest absolute Gasteiger partial charge is 0.0651 e. The van der Waals surface area contributed by atoms with E-state index in [0.29, 0.717) is 5.69 Å². The number of hydrogen-bond donors (Lipinski definition) is 1. The van der Waals surface area contributed by atoms with Crippen molar-refractivity contribution < 1.29 is 9.60 Å². The van der Waals surface area contributed by atoms with Gasteiger partial charge in [-0.1, -0.05) is 66.6 Å². The van der Waals surface area contributed by atoms with Gasteiger partial charge in [-0.2, -0.15) is 0 Å². The second-order valence-corrected chi connectivity index (χ2v) is 4.65. The van der Waals surface area contributed by atoms with E-state index < -0.39 is 18.1 Å². The van der Waals surface area contributed by atoms with Crippen LogP contribution in [0.25, 0.3) is 21.5 Å². The van der Waals surface area contributed by atoms with Gasteiger partial charge in [-0.15, -0.1) is 0 Å². The van der Waals surface area contributed by atoms with Crippen LogP contribution < -0.4 is 5.32 Å². The Hall–Kier alpha value is -2.80. The van der Waals surface area contributed by atoms with E-state index in [0.717, 1.165) is 10.8 Å². The molecule has 21 heavy (non-hydrogen) atoms. The van der Waals surface area contributed by atoms with Gasteiger partial charge >= 0.3 is 0 Å². The number of nitrogens with one attached hydrogen (secondary N) is 1. The lowest BCUT2D eigenvalue weighted by molar-refractivity contribution is 1.60. The van der Waals surface area contributed by atoms with Gasteiger partial charge < -0.3 is 5.32 Å². The average Bonchev–Trinajstić information content (AvgIpc) is 2.70. The van der Waals surface area contributed by atoms with Crippen LogP contribution in [0, 0.1) is 0 Å². The molecule has 4 aromatic rings. The third kappa shape index (κ3) is 2.23.